The van der Waals surface area contributed by atoms with Crippen LogP contribution in [0.3, 0.4) is 0 Å². The number of aliphatic hydroxyl groups is 1. The van der Waals surface area contributed by atoms with E-state index in [1.54, 1.807) is 6.92 Å². The van der Waals surface area contributed by atoms with E-state index in [0.29, 0.717) is 5.13 Å². The summed E-state index contributed by atoms with van der Waals surface area (Å²) < 4.78 is 18.9. The van der Waals surface area contributed by atoms with Gasteiger partial charge in [-0.2, -0.15) is 0 Å². The standard InChI is InChI=1S/C23H26FN5O3S/c1-14(30)28-9-11-29(12-10-28)17-6-4-16(5-7-17)26-23-27-22(25)21(33-23)20(31)15-3-8-19(32-2)18(24)13-15/h3-8,13-14,30H,9-12,25H2,1-2H3,(H,26,27). The van der Waals surface area contributed by atoms with Crippen LogP contribution in [0.2, 0.25) is 0 Å². The Kier molecular flexibility index (Phi) is 6.77. The maximum Gasteiger partial charge on any atom is 0.206 e. The first-order valence-electron chi connectivity index (χ1n) is 10.5. The maximum atomic E-state index is 14.0. The molecule has 1 atom stereocenters. The first-order valence-corrected chi connectivity index (χ1v) is 11.4. The summed E-state index contributed by atoms with van der Waals surface area (Å²) in [4.78, 5) is 21.6. The maximum absolute atomic E-state index is 14.0. The Morgan fingerprint density at radius 2 is 1.91 bits per heavy atom. The molecule has 1 fully saturated rings. The highest BCUT2D eigenvalue weighted by molar-refractivity contribution is 7.18. The van der Waals surface area contributed by atoms with E-state index in [0.717, 1.165) is 55.0 Å². The van der Waals surface area contributed by atoms with Gasteiger partial charge in [-0.25, -0.2) is 9.37 Å². The predicted molar refractivity (Wildman–Crippen MR) is 128 cm³/mol. The van der Waals surface area contributed by atoms with E-state index in [-0.39, 0.29) is 22.0 Å². The Labute approximate surface area is 195 Å². The van der Waals surface area contributed by atoms with Crippen molar-refractivity contribution in [3.05, 3.63) is 58.7 Å². The number of rotatable bonds is 7. The van der Waals surface area contributed by atoms with Gasteiger partial charge in [-0.15, -0.1) is 0 Å². The molecular formula is C23H26FN5O3S. The fourth-order valence-corrected chi connectivity index (χ4v) is 4.59. The number of aromatic nitrogens is 1. The smallest absolute Gasteiger partial charge is 0.206 e. The van der Waals surface area contributed by atoms with E-state index in [2.05, 4.69) is 15.2 Å². The van der Waals surface area contributed by atoms with Crippen molar-refractivity contribution in [3.63, 3.8) is 0 Å². The number of nitrogens with zero attached hydrogens (tertiary/aromatic N) is 3. The van der Waals surface area contributed by atoms with E-state index in [4.69, 9.17) is 10.5 Å². The Balaban J connectivity index is 1.42. The number of ketones is 1. The van der Waals surface area contributed by atoms with Crippen LogP contribution >= 0.6 is 11.3 Å². The van der Waals surface area contributed by atoms with Crippen molar-refractivity contribution in [2.75, 3.05) is 49.2 Å². The van der Waals surface area contributed by atoms with Gasteiger partial charge in [0.05, 0.1) is 7.11 Å². The third-order valence-corrected chi connectivity index (χ3v) is 6.59. The number of hydrogen-bond donors (Lipinski definition) is 3. The third-order valence-electron chi connectivity index (χ3n) is 5.60. The lowest BCUT2D eigenvalue weighted by molar-refractivity contribution is 0.0153. The molecule has 0 radical (unpaired) electrons. The lowest BCUT2D eigenvalue weighted by Gasteiger charge is -2.37. The van der Waals surface area contributed by atoms with Crippen LogP contribution in [0, 0.1) is 5.82 Å². The van der Waals surface area contributed by atoms with E-state index < -0.39 is 17.8 Å². The zero-order chi connectivity index (χ0) is 23.5. The molecule has 3 aromatic rings. The molecule has 8 nitrogen and oxygen atoms in total. The molecule has 0 bridgehead atoms. The molecule has 0 amide bonds. The van der Waals surface area contributed by atoms with E-state index in [1.807, 2.05) is 29.2 Å². The molecule has 33 heavy (non-hydrogen) atoms. The summed E-state index contributed by atoms with van der Waals surface area (Å²) in [5.74, 6) is -0.848. The first kappa shape index (κ1) is 23.0. The topological polar surface area (TPSA) is 104 Å². The number of benzene rings is 2. The number of carbonyl (C=O) groups excluding carboxylic acids is 1. The van der Waals surface area contributed by atoms with Crippen LogP contribution in [-0.2, 0) is 0 Å². The Bertz CT molecular complexity index is 1130. The van der Waals surface area contributed by atoms with Crippen molar-refractivity contribution >= 4 is 39.4 Å². The molecule has 0 saturated carbocycles. The fourth-order valence-electron chi connectivity index (χ4n) is 3.72. The minimum atomic E-state index is -0.614. The lowest BCUT2D eigenvalue weighted by Crippen LogP contribution is -2.49. The van der Waals surface area contributed by atoms with Crippen LogP contribution < -0.4 is 20.7 Å². The number of hydrogen-bond acceptors (Lipinski definition) is 9. The number of ether oxygens (including phenoxy) is 1. The van der Waals surface area contributed by atoms with E-state index in [1.165, 1.54) is 19.2 Å². The molecule has 0 spiro atoms. The summed E-state index contributed by atoms with van der Waals surface area (Å²) in [6, 6.07) is 11.9. The molecule has 4 N–H and O–H groups in total. The normalized spacial score (nSPS) is 15.3. The van der Waals surface area contributed by atoms with Crippen LogP contribution in [0.25, 0.3) is 0 Å². The molecule has 10 heteroatoms. The molecule has 1 unspecified atom stereocenters. The van der Waals surface area contributed by atoms with Gasteiger partial charge in [0.2, 0.25) is 5.78 Å². The van der Waals surface area contributed by atoms with Gasteiger partial charge in [-0.05, 0) is 49.4 Å². The number of carbonyl (C=O) groups is 1. The number of nitrogen functional groups attached to an aromatic ring is 1. The highest BCUT2D eigenvalue weighted by Crippen LogP contribution is 2.31. The second-order valence-electron chi connectivity index (χ2n) is 7.74. The summed E-state index contributed by atoms with van der Waals surface area (Å²) in [6.07, 6.45) is -0.426. The Morgan fingerprint density at radius 3 is 2.52 bits per heavy atom. The van der Waals surface area contributed by atoms with Crippen LogP contribution in [0.4, 0.5) is 26.7 Å². The average Bonchev–Trinajstić information content (AvgIpc) is 3.18. The van der Waals surface area contributed by atoms with Crippen LogP contribution in [0.1, 0.15) is 22.2 Å². The number of piperazine rings is 1. The van der Waals surface area contributed by atoms with Crippen molar-refractivity contribution < 1.29 is 19.0 Å². The van der Waals surface area contributed by atoms with Gasteiger partial charge in [-0.3, -0.25) is 9.69 Å². The van der Waals surface area contributed by atoms with E-state index in [9.17, 15) is 14.3 Å². The molecule has 2 heterocycles. The number of methoxy groups -OCH3 is 1. The molecule has 1 aliphatic heterocycles. The molecular weight excluding hydrogens is 445 g/mol. The number of thiazole rings is 1. The summed E-state index contributed by atoms with van der Waals surface area (Å²) >= 11 is 1.12. The van der Waals surface area contributed by atoms with Crippen molar-refractivity contribution in [2.24, 2.45) is 0 Å². The molecule has 0 aliphatic carbocycles. The number of nitrogens with one attached hydrogen (secondary N) is 1. The molecule has 4 rings (SSSR count). The van der Waals surface area contributed by atoms with Crippen molar-refractivity contribution in [1.29, 1.82) is 0 Å². The quantitative estimate of drug-likeness (QED) is 0.451. The molecule has 1 saturated heterocycles. The zero-order valence-electron chi connectivity index (χ0n) is 18.4. The van der Waals surface area contributed by atoms with Gasteiger partial charge in [0.1, 0.15) is 16.9 Å². The average molecular weight is 472 g/mol. The first-order chi connectivity index (χ1) is 15.9. The number of anilines is 4. The van der Waals surface area contributed by atoms with Gasteiger partial charge in [0.15, 0.2) is 16.7 Å². The number of nitrogens with two attached hydrogens (primary N) is 1. The van der Waals surface area contributed by atoms with Crippen molar-refractivity contribution in [3.8, 4) is 5.75 Å². The molecule has 174 valence electrons. The highest BCUT2D eigenvalue weighted by atomic mass is 32.1. The van der Waals surface area contributed by atoms with Gasteiger partial charge >= 0.3 is 0 Å². The second-order valence-corrected chi connectivity index (χ2v) is 8.74. The molecule has 1 aromatic heterocycles. The Morgan fingerprint density at radius 1 is 1.21 bits per heavy atom. The molecule has 1 aliphatic rings. The Hall–Kier alpha value is -3.21. The largest absolute Gasteiger partial charge is 0.494 e. The number of halogens is 1. The zero-order valence-corrected chi connectivity index (χ0v) is 19.2. The lowest BCUT2D eigenvalue weighted by atomic mass is 10.1. The highest BCUT2D eigenvalue weighted by Gasteiger charge is 2.21. The predicted octanol–water partition coefficient (Wildman–Crippen LogP) is 3.31. The van der Waals surface area contributed by atoms with Gasteiger partial charge in [0, 0.05) is 43.1 Å². The van der Waals surface area contributed by atoms with Crippen molar-refractivity contribution in [2.45, 2.75) is 13.2 Å². The summed E-state index contributed by atoms with van der Waals surface area (Å²) in [5.41, 5.74) is 8.06. The second kappa shape index (κ2) is 9.74. The van der Waals surface area contributed by atoms with Crippen LogP contribution in [0.5, 0.6) is 5.75 Å². The minimum absolute atomic E-state index is 0.0689. The number of aliphatic hydroxyl groups excluding tert-OH is 1. The fraction of sp³-hybridized carbons (Fsp3) is 0.304. The van der Waals surface area contributed by atoms with Gasteiger partial charge < -0.3 is 25.8 Å². The summed E-state index contributed by atoms with van der Waals surface area (Å²) in [6.45, 7) is 5.10. The summed E-state index contributed by atoms with van der Waals surface area (Å²) in [7, 11) is 1.36. The SMILES string of the molecule is COc1ccc(C(=O)c2sc(Nc3ccc(N4CCN(C(C)O)CC4)cc3)nc2N)cc1F. The van der Waals surface area contributed by atoms with Crippen LogP contribution in [-0.4, -0.2) is 60.3 Å². The third kappa shape index (κ3) is 5.08. The van der Waals surface area contributed by atoms with E-state index >= 15 is 0 Å². The molecule has 2 aromatic carbocycles. The van der Waals surface area contributed by atoms with Gasteiger partial charge in [-0.1, -0.05) is 11.3 Å². The van der Waals surface area contributed by atoms with Crippen LogP contribution in [0.15, 0.2) is 42.5 Å². The summed E-state index contributed by atoms with van der Waals surface area (Å²) in [5, 5.41) is 13.4. The minimum Gasteiger partial charge on any atom is -0.494 e. The monoisotopic (exact) mass is 471 g/mol. The van der Waals surface area contributed by atoms with Crippen molar-refractivity contribution in [1.82, 2.24) is 9.88 Å². The van der Waals surface area contributed by atoms with Gasteiger partial charge in [0.25, 0.3) is 0 Å².